The highest BCUT2D eigenvalue weighted by Crippen LogP contribution is 2.10. The smallest absolute Gasteiger partial charge is 0.317 e. The Morgan fingerprint density at radius 1 is 0.760 bits per heavy atom. The Bertz CT molecular complexity index is 353. The van der Waals surface area contributed by atoms with Crippen LogP contribution in [0.1, 0.15) is 96.8 Å². The lowest BCUT2D eigenvalue weighted by molar-refractivity contribution is -0.135. The Labute approximate surface area is 154 Å². The van der Waals surface area contributed by atoms with Gasteiger partial charge in [-0.15, -0.1) is 0 Å². The van der Waals surface area contributed by atoms with Crippen molar-refractivity contribution in [3.63, 3.8) is 0 Å². The molecular weight excluding hydrogens is 314 g/mol. The lowest BCUT2D eigenvalue weighted by Gasteiger charge is -2.02. The van der Waals surface area contributed by atoms with Crippen molar-refractivity contribution >= 4 is 11.8 Å². The van der Waals surface area contributed by atoms with E-state index in [1.807, 2.05) is 0 Å². The molecule has 0 saturated carbocycles. The van der Waals surface area contributed by atoms with Gasteiger partial charge in [-0.2, -0.15) is 0 Å². The normalized spacial score (nSPS) is 11.2. The van der Waals surface area contributed by atoms with Crippen LogP contribution < -0.4 is 5.32 Å². The predicted octanol–water partition coefficient (Wildman–Crippen LogP) is 5.27. The van der Waals surface area contributed by atoms with E-state index in [2.05, 4.69) is 24.4 Å². The molecule has 0 aliphatic heterocycles. The lowest BCUT2D eigenvalue weighted by Crippen LogP contribution is -2.28. The van der Waals surface area contributed by atoms with E-state index in [9.17, 15) is 9.59 Å². The minimum absolute atomic E-state index is 0.110. The van der Waals surface area contributed by atoms with Crippen LogP contribution in [0.2, 0.25) is 0 Å². The summed E-state index contributed by atoms with van der Waals surface area (Å²) >= 11 is 0. The van der Waals surface area contributed by atoms with E-state index in [-0.39, 0.29) is 18.9 Å². The van der Waals surface area contributed by atoms with Crippen LogP contribution in [0, 0.1) is 0 Å². The van der Waals surface area contributed by atoms with Crippen molar-refractivity contribution in [2.75, 3.05) is 13.1 Å². The molecule has 0 saturated heterocycles. The molecule has 0 aromatic rings. The summed E-state index contributed by atoms with van der Waals surface area (Å²) in [6.45, 7) is 2.29. The Morgan fingerprint density at radius 2 is 1.28 bits per heavy atom. The summed E-state index contributed by atoms with van der Waals surface area (Å²) in [7, 11) is 0. The molecule has 0 amide bonds. The van der Waals surface area contributed by atoms with E-state index in [0.717, 1.165) is 12.8 Å². The van der Waals surface area contributed by atoms with E-state index < -0.39 is 5.97 Å². The van der Waals surface area contributed by atoms with Crippen molar-refractivity contribution in [3.8, 4) is 0 Å². The highest BCUT2D eigenvalue weighted by Gasteiger charge is 2.02. The number of nitrogens with one attached hydrogen (secondary N) is 1. The van der Waals surface area contributed by atoms with Crippen LogP contribution in [0.15, 0.2) is 12.2 Å². The number of hydrogen-bond acceptors (Lipinski definition) is 3. The zero-order chi connectivity index (χ0) is 18.6. The average molecular weight is 354 g/mol. The molecule has 25 heavy (non-hydrogen) atoms. The molecular formula is C21H39NO3. The number of Topliss-reactive ketones (excluding diaryl/α,β-unsaturated/α-hetero) is 1. The molecule has 0 radical (unpaired) electrons. The largest absolute Gasteiger partial charge is 0.480 e. The summed E-state index contributed by atoms with van der Waals surface area (Å²) in [4.78, 5) is 21.8. The van der Waals surface area contributed by atoms with Crippen molar-refractivity contribution in [2.45, 2.75) is 96.8 Å². The van der Waals surface area contributed by atoms with Crippen molar-refractivity contribution in [3.05, 3.63) is 12.2 Å². The second-order valence-corrected chi connectivity index (χ2v) is 6.87. The maximum atomic E-state index is 11.5. The van der Waals surface area contributed by atoms with Crippen molar-refractivity contribution in [2.24, 2.45) is 0 Å². The van der Waals surface area contributed by atoms with E-state index in [0.29, 0.717) is 6.42 Å². The molecule has 0 rings (SSSR count). The summed E-state index contributed by atoms with van der Waals surface area (Å²) in [6, 6.07) is 0. The number of rotatable bonds is 19. The van der Waals surface area contributed by atoms with Crippen LogP contribution >= 0.6 is 0 Å². The van der Waals surface area contributed by atoms with Crippen LogP contribution in [-0.2, 0) is 9.59 Å². The van der Waals surface area contributed by atoms with Gasteiger partial charge in [0, 0.05) is 6.42 Å². The van der Waals surface area contributed by atoms with Gasteiger partial charge < -0.3 is 10.4 Å². The Kier molecular flexibility index (Phi) is 18.3. The predicted molar refractivity (Wildman–Crippen MR) is 105 cm³/mol. The summed E-state index contributed by atoms with van der Waals surface area (Å²) in [5.74, 6) is -0.812. The summed E-state index contributed by atoms with van der Waals surface area (Å²) in [5, 5.41) is 11.1. The molecule has 0 bridgehead atoms. The highest BCUT2D eigenvalue weighted by atomic mass is 16.4. The van der Waals surface area contributed by atoms with Gasteiger partial charge in [-0.3, -0.25) is 9.59 Å². The van der Waals surface area contributed by atoms with Crippen LogP contribution in [-0.4, -0.2) is 29.9 Å². The molecule has 0 aliphatic carbocycles. The lowest BCUT2D eigenvalue weighted by atomic mass is 10.1. The molecule has 0 aliphatic rings. The Balaban J connectivity index is 3.21. The van der Waals surface area contributed by atoms with Crippen molar-refractivity contribution in [1.29, 1.82) is 0 Å². The topological polar surface area (TPSA) is 66.4 Å². The first-order valence-corrected chi connectivity index (χ1v) is 10.3. The van der Waals surface area contributed by atoms with Gasteiger partial charge >= 0.3 is 5.97 Å². The van der Waals surface area contributed by atoms with Gasteiger partial charge in [-0.25, -0.2) is 0 Å². The molecule has 0 atom stereocenters. The maximum absolute atomic E-state index is 11.5. The van der Waals surface area contributed by atoms with Gasteiger partial charge in [0.05, 0.1) is 13.1 Å². The standard InChI is InChI=1S/C21H39NO3/c1-2-3-4-5-6-7-8-9-10-11-12-13-14-15-16-17-20(23)18-22-19-21(24)25/h9-10,22H,2-8,11-19H2,1H3,(H,24,25)/b10-9-. The molecule has 4 nitrogen and oxygen atoms in total. The third kappa shape index (κ3) is 20.8. The Morgan fingerprint density at radius 3 is 1.84 bits per heavy atom. The van der Waals surface area contributed by atoms with Crippen LogP contribution in [0.25, 0.3) is 0 Å². The number of aliphatic carboxylic acids is 1. The molecule has 146 valence electrons. The fourth-order valence-corrected chi connectivity index (χ4v) is 2.79. The second kappa shape index (κ2) is 19.2. The molecule has 4 heteroatoms. The summed E-state index contributed by atoms with van der Waals surface area (Å²) in [6.07, 6.45) is 21.5. The highest BCUT2D eigenvalue weighted by molar-refractivity contribution is 5.81. The monoisotopic (exact) mass is 353 g/mol. The number of carbonyl (C=O) groups excluding carboxylic acids is 1. The summed E-state index contributed by atoms with van der Waals surface area (Å²) < 4.78 is 0. The van der Waals surface area contributed by atoms with Crippen LogP contribution in [0.3, 0.4) is 0 Å². The number of carbonyl (C=O) groups is 2. The van der Waals surface area contributed by atoms with E-state index in [1.54, 1.807) is 0 Å². The van der Waals surface area contributed by atoms with Crippen molar-refractivity contribution < 1.29 is 14.7 Å². The zero-order valence-corrected chi connectivity index (χ0v) is 16.2. The second-order valence-electron chi connectivity index (χ2n) is 6.87. The third-order valence-corrected chi connectivity index (χ3v) is 4.32. The van der Waals surface area contributed by atoms with Gasteiger partial charge in [0.1, 0.15) is 5.78 Å². The van der Waals surface area contributed by atoms with Gasteiger partial charge in [0.15, 0.2) is 0 Å². The van der Waals surface area contributed by atoms with Gasteiger partial charge in [-0.1, -0.05) is 70.4 Å². The molecule has 0 aromatic carbocycles. The van der Waals surface area contributed by atoms with E-state index in [4.69, 9.17) is 5.11 Å². The van der Waals surface area contributed by atoms with Crippen LogP contribution in [0.5, 0.6) is 0 Å². The summed E-state index contributed by atoms with van der Waals surface area (Å²) in [5.41, 5.74) is 0. The number of ketones is 1. The minimum atomic E-state index is -0.922. The first-order chi connectivity index (χ1) is 12.2. The fourth-order valence-electron chi connectivity index (χ4n) is 2.79. The van der Waals surface area contributed by atoms with Gasteiger partial charge in [0.2, 0.25) is 0 Å². The van der Waals surface area contributed by atoms with Crippen molar-refractivity contribution in [1.82, 2.24) is 5.32 Å². The average Bonchev–Trinajstić information content (AvgIpc) is 2.58. The van der Waals surface area contributed by atoms with E-state index in [1.165, 1.54) is 70.6 Å². The minimum Gasteiger partial charge on any atom is -0.480 e. The molecule has 0 aromatic heterocycles. The maximum Gasteiger partial charge on any atom is 0.317 e. The van der Waals surface area contributed by atoms with Gasteiger partial charge in [0.25, 0.3) is 0 Å². The first-order valence-electron chi connectivity index (χ1n) is 10.3. The number of carboxylic acids is 1. The Hall–Kier alpha value is -1.16. The quantitative estimate of drug-likeness (QED) is 0.245. The number of carboxylic acid groups (broad SMARTS) is 1. The van der Waals surface area contributed by atoms with Crippen LogP contribution in [0.4, 0.5) is 0 Å². The first kappa shape index (κ1) is 23.8. The number of hydrogen-bond donors (Lipinski definition) is 2. The molecule has 0 spiro atoms. The number of unbranched alkanes of at least 4 members (excludes halogenated alkanes) is 11. The molecule has 0 heterocycles. The SMILES string of the molecule is CCCCCCCC/C=C\CCCCCCCC(=O)CNCC(=O)O. The zero-order valence-electron chi connectivity index (χ0n) is 16.2. The fraction of sp³-hybridized carbons (Fsp3) is 0.810. The number of allylic oxidation sites excluding steroid dienone is 2. The molecule has 0 fully saturated rings. The van der Waals surface area contributed by atoms with E-state index >= 15 is 0 Å². The molecule has 2 N–H and O–H groups in total. The van der Waals surface area contributed by atoms with Gasteiger partial charge in [-0.05, 0) is 32.1 Å². The third-order valence-electron chi connectivity index (χ3n) is 4.32. The molecule has 0 unspecified atom stereocenters.